The van der Waals surface area contributed by atoms with Gasteiger partial charge >= 0.3 is 5.97 Å². The van der Waals surface area contributed by atoms with Gasteiger partial charge in [0, 0.05) is 12.8 Å². The number of hydrogen-bond acceptors (Lipinski definition) is 3. The van der Waals surface area contributed by atoms with E-state index in [0.717, 1.165) is 25.7 Å². The lowest BCUT2D eigenvalue weighted by atomic mass is 9.51. The van der Waals surface area contributed by atoms with Crippen LogP contribution >= 0.6 is 0 Å². The molecule has 2 bridgehead atoms. The Morgan fingerprint density at radius 2 is 2.15 bits per heavy atom. The summed E-state index contributed by atoms with van der Waals surface area (Å²) in [6.45, 7) is 7.88. The predicted molar refractivity (Wildman–Crippen MR) is 77.0 cm³/mol. The summed E-state index contributed by atoms with van der Waals surface area (Å²) in [4.78, 5) is 11.4. The van der Waals surface area contributed by atoms with E-state index in [1.807, 2.05) is 6.92 Å². The Morgan fingerprint density at radius 3 is 2.80 bits per heavy atom. The monoisotopic (exact) mass is 278 g/mol. The van der Waals surface area contributed by atoms with Gasteiger partial charge in [0.25, 0.3) is 0 Å². The highest BCUT2D eigenvalue weighted by molar-refractivity contribution is 5.66. The highest BCUT2D eigenvalue weighted by atomic mass is 16.5. The standard InChI is InChI=1S/C17H26O3/c1-10-5-6-17-9-13(10)8-16(4,19)15(17)14(7-11(17)2)20-12(3)18/h5,11,13-15,19H,6-9H2,1-4H3/t11-,13-,14+,15+,16+,17+/m0/s1. The van der Waals surface area contributed by atoms with Gasteiger partial charge in [0.1, 0.15) is 6.10 Å². The molecule has 3 nitrogen and oxygen atoms in total. The number of carbonyl (C=O) groups is 1. The molecule has 0 heterocycles. The van der Waals surface area contributed by atoms with Gasteiger partial charge in [-0.15, -0.1) is 0 Å². The number of allylic oxidation sites excluding steroid dienone is 2. The van der Waals surface area contributed by atoms with E-state index < -0.39 is 5.60 Å². The van der Waals surface area contributed by atoms with Crippen molar-refractivity contribution in [1.29, 1.82) is 0 Å². The summed E-state index contributed by atoms with van der Waals surface area (Å²) in [6, 6.07) is 0. The minimum Gasteiger partial charge on any atom is -0.462 e. The molecule has 20 heavy (non-hydrogen) atoms. The highest BCUT2D eigenvalue weighted by Gasteiger charge is 2.64. The summed E-state index contributed by atoms with van der Waals surface area (Å²) in [5.41, 5.74) is 0.813. The summed E-state index contributed by atoms with van der Waals surface area (Å²) >= 11 is 0. The van der Waals surface area contributed by atoms with Crippen LogP contribution in [0.15, 0.2) is 11.6 Å². The molecule has 0 aromatic carbocycles. The molecule has 1 N–H and O–H groups in total. The summed E-state index contributed by atoms with van der Waals surface area (Å²) in [5.74, 6) is 0.846. The molecule has 3 aliphatic carbocycles. The second-order valence-corrected chi connectivity index (χ2v) is 7.61. The average Bonchev–Trinajstić information content (AvgIpc) is 2.57. The minimum absolute atomic E-state index is 0.0782. The molecule has 0 aromatic rings. The quantitative estimate of drug-likeness (QED) is 0.592. The van der Waals surface area contributed by atoms with E-state index in [0.29, 0.717) is 11.8 Å². The first kappa shape index (κ1) is 14.1. The smallest absolute Gasteiger partial charge is 0.302 e. The van der Waals surface area contributed by atoms with Gasteiger partial charge in [0.05, 0.1) is 5.60 Å². The maximum absolute atomic E-state index is 11.4. The largest absolute Gasteiger partial charge is 0.462 e. The number of fused-ring (bicyclic) bond motifs is 1. The van der Waals surface area contributed by atoms with Gasteiger partial charge in [-0.1, -0.05) is 18.6 Å². The number of rotatable bonds is 1. The summed E-state index contributed by atoms with van der Waals surface area (Å²) in [7, 11) is 0. The summed E-state index contributed by atoms with van der Waals surface area (Å²) in [6.07, 6.45) is 6.10. The molecule has 0 saturated heterocycles. The predicted octanol–water partition coefficient (Wildman–Crippen LogP) is 3.07. The lowest BCUT2D eigenvalue weighted by molar-refractivity contribution is -0.169. The summed E-state index contributed by atoms with van der Waals surface area (Å²) < 4.78 is 5.58. The second kappa shape index (κ2) is 4.33. The summed E-state index contributed by atoms with van der Waals surface area (Å²) in [5, 5.41) is 11.0. The van der Waals surface area contributed by atoms with Crippen LogP contribution in [-0.2, 0) is 9.53 Å². The van der Waals surface area contributed by atoms with E-state index in [2.05, 4.69) is 19.9 Å². The van der Waals surface area contributed by atoms with Crippen molar-refractivity contribution in [3.63, 3.8) is 0 Å². The lowest BCUT2D eigenvalue weighted by Gasteiger charge is -2.55. The molecule has 0 amide bonds. The van der Waals surface area contributed by atoms with Crippen LogP contribution < -0.4 is 0 Å². The van der Waals surface area contributed by atoms with E-state index in [1.165, 1.54) is 12.5 Å². The first-order valence-corrected chi connectivity index (χ1v) is 7.82. The molecule has 0 aromatic heterocycles. The van der Waals surface area contributed by atoms with Gasteiger partial charge in [-0.05, 0) is 56.8 Å². The van der Waals surface area contributed by atoms with Gasteiger partial charge in [0.15, 0.2) is 0 Å². The van der Waals surface area contributed by atoms with Crippen molar-refractivity contribution in [2.75, 3.05) is 0 Å². The van der Waals surface area contributed by atoms with Crippen LogP contribution in [0.2, 0.25) is 0 Å². The van der Waals surface area contributed by atoms with Gasteiger partial charge < -0.3 is 9.84 Å². The third-order valence-corrected chi connectivity index (χ3v) is 6.28. The molecule has 3 rings (SSSR count). The molecule has 1 spiro atoms. The van der Waals surface area contributed by atoms with Crippen LogP contribution in [0.1, 0.15) is 53.4 Å². The number of ether oxygens (including phenoxy) is 1. The zero-order chi connectivity index (χ0) is 14.7. The number of aliphatic hydroxyl groups is 1. The fraction of sp³-hybridized carbons (Fsp3) is 0.824. The van der Waals surface area contributed by atoms with Crippen LogP contribution in [-0.4, -0.2) is 22.8 Å². The zero-order valence-electron chi connectivity index (χ0n) is 13.0. The van der Waals surface area contributed by atoms with Gasteiger partial charge in [-0.2, -0.15) is 0 Å². The SMILES string of the molecule is CC(=O)O[C@@H]1C[C@H](C)[C@@]23CC=C(C)[C@H](C2)C[C@@](C)(O)[C@@H]13. The molecule has 3 aliphatic rings. The maximum atomic E-state index is 11.4. The fourth-order valence-corrected chi connectivity index (χ4v) is 5.48. The van der Waals surface area contributed by atoms with Crippen molar-refractivity contribution in [2.45, 2.75) is 65.1 Å². The Hall–Kier alpha value is -0.830. The first-order valence-electron chi connectivity index (χ1n) is 7.82. The van der Waals surface area contributed by atoms with E-state index >= 15 is 0 Å². The molecule has 3 heteroatoms. The van der Waals surface area contributed by atoms with Crippen LogP contribution in [0, 0.1) is 23.2 Å². The van der Waals surface area contributed by atoms with Crippen molar-refractivity contribution in [1.82, 2.24) is 0 Å². The van der Waals surface area contributed by atoms with E-state index in [4.69, 9.17) is 4.74 Å². The topological polar surface area (TPSA) is 46.5 Å². The average molecular weight is 278 g/mol. The Balaban J connectivity index is 2.02. The van der Waals surface area contributed by atoms with Crippen molar-refractivity contribution in [3.05, 3.63) is 11.6 Å². The van der Waals surface area contributed by atoms with Gasteiger partial charge in [-0.3, -0.25) is 4.79 Å². The minimum atomic E-state index is -0.733. The number of esters is 1. The first-order chi connectivity index (χ1) is 9.26. The van der Waals surface area contributed by atoms with Crippen LogP contribution in [0.3, 0.4) is 0 Å². The fourth-order valence-electron chi connectivity index (χ4n) is 5.48. The Kier molecular flexibility index (Phi) is 3.06. The number of hydrogen-bond donors (Lipinski definition) is 1. The lowest BCUT2D eigenvalue weighted by Crippen LogP contribution is -2.56. The Labute approximate surface area is 121 Å². The van der Waals surface area contributed by atoms with Gasteiger partial charge in [-0.25, -0.2) is 0 Å². The molecular formula is C17H26O3. The Bertz CT molecular complexity index is 465. The molecular weight excluding hydrogens is 252 g/mol. The molecule has 0 aliphatic heterocycles. The van der Waals surface area contributed by atoms with E-state index in [9.17, 15) is 9.90 Å². The molecule has 0 radical (unpaired) electrons. The maximum Gasteiger partial charge on any atom is 0.302 e. The van der Waals surface area contributed by atoms with Crippen LogP contribution in [0.25, 0.3) is 0 Å². The normalized spacial score (nSPS) is 50.4. The van der Waals surface area contributed by atoms with Crippen LogP contribution in [0.5, 0.6) is 0 Å². The second-order valence-electron chi connectivity index (χ2n) is 7.61. The third-order valence-electron chi connectivity index (χ3n) is 6.28. The molecule has 2 fully saturated rings. The van der Waals surface area contributed by atoms with Crippen molar-refractivity contribution in [3.8, 4) is 0 Å². The Morgan fingerprint density at radius 1 is 1.45 bits per heavy atom. The zero-order valence-corrected chi connectivity index (χ0v) is 13.0. The van der Waals surface area contributed by atoms with Crippen molar-refractivity contribution >= 4 is 5.97 Å². The van der Waals surface area contributed by atoms with Crippen molar-refractivity contribution in [2.24, 2.45) is 23.2 Å². The van der Waals surface area contributed by atoms with E-state index in [1.54, 1.807) is 0 Å². The molecule has 112 valence electrons. The van der Waals surface area contributed by atoms with Gasteiger partial charge in [0.2, 0.25) is 0 Å². The van der Waals surface area contributed by atoms with E-state index in [-0.39, 0.29) is 23.4 Å². The van der Waals surface area contributed by atoms with Crippen LogP contribution in [0.4, 0.5) is 0 Å². The molecule has 0 unspecified atom stereocenters. The highest BCUT2D eigenvalue weighted by Crippen LogP contribution is 2.65. The molecule has 2 saturated carbocycles. The molecule has 6 atom stereocenters. The number of carbonyl (C=O) groups excluding carboxylic acids is 1. The third kappa shape index (κ3) is 1.86. The van der Waals surface area contributed by atoms with Crippen molar-refractivity contribution < 1.29 is 14.6 Å².